The van der Waals surface area contributed by atoms with Crippen LogP contribution in [0.4, 0.5) is 0 Å². The molecular formula is C12H12N2O3. The maximum absolute atomic E-state index is 11.2. The predicted molar refractivity (Wildman–Crippen MR) is 61.9 cm³/mol. The molecule has 88 valence electrons. The normalized spacial score (nSPS) is 14.8. The number of carbonyl (C=O) groups excluding carboxylic acids is 1. The van der Waals surface area contributed by atoms with E-state index in [4.69, 9.17) is 5.11 Å². The van der Waals surface area contributed by atoms with Gasteiger partial charge < -0.3 is 5.11 Å². The van der Waals surface area contributed by atoms with Gasteiger partial charge >= 0.3 is 5.97 Å². The van der Waals surface area contributed by atoms with E-state index in [2.05, 4.69) is 10.5 Å². The van der Waals surface area contributed by atoms with Crippen LogP contribution in [0.2, 0.25) is 0 Å². The van der Waals surface area contributed by atoms with Crippen molar-refractivity contribution in [3.63, 3.8) is 0 Å². The average Bonchev–Trinajstić information content (AvgIpc) is 3.13. The summed E-state index contributed by atoms with van der Waals surface area (Å²) in [5.41, 5.74) is 3.41. The highest BCUT2D eigenvalue weighted by molar-refractivity contribution is 5.89. The highest BCUT2D eigenvalue weighted by Crippen LogP contribution is 2.28. The largest absolute Gasteiger partial charge is 0.478 e. The van der Waals surface area contributed by atoms with Crippen LogP contribution in [0.15, 0.2) is 29.4 Å². The maximum atomic E-state index is 11.2. The molecule has 1 fully saturated rings. The van der Waals surface area contributed by atoms with Crippen molar-refractivity contribution in [2.45, 2.75) is 12.8 Å². The standard InChI is InChI=1S/C12H12N2O3/c15-11(9-5-6-9)14-13-7-8-1-3-10(4-2-8)12(16)17/h1-4,7,9H,5-6H2,(H,14,15)(H,16,17)/b13-7+. The van der Waals surface area contributed by atoms with Crippen molar-refractivity contribution in [3.8, 4) is 0 Å². The van der Waals surface area contributed by atoms with Crippen LogP contribution in [0.5, 0.6) is 0 Å². The molecule has 0 heterocycles. The summed E-state index contributed by atoms with van der Waals surface area (Å²) in [4.78, 5) is 21.8. The van der Waals surface area contributed by atoms with E-state index in [0.717, 1.165) is 18.4 Å². The minimum absolute atomic E-state index is 0.0524. The Morgan fingerprint density at radius 2 is 1.94 bits per heavy atom. The Morgan fingerprint density at radius 1 is 1.29 bits per heavy atom. The molecule has 0 aliphatic heterocycles. The highest BCUT2D eigenvalue weighted by Gasteiger charge is 2.29. The van der Waals surface area contributed by atoms with E-state index in [1.807, 2.05) is 0 Å². The van der Waals surface area contributed by atoms with E-state index in [1.165, 1.54) is 18.3 Å². The minimum Gasteiger partial charge on any atom is -0.478 e. The third-order valence-electron chi connectivity index (χ3n) is 2.49. The molecule has 0 spiro atoms. The van der Waals surface area contributed by atoms with Gasteiger partial charge in [0.25, 0.3) is 0 Å². The van der Waals surface area contributed by atoms with Crippen LogP contribution in [0.25, 0.3) is 0 Å². The van der Waals surface area contributed by atoms with Gasteiger partial charge in [-0.25, -0.2) is 10.2 Å². The molecule has 0 unspecified atom stereocenters. The number of carbonyl (C=O) groups is 2. The molecule has 1 aromatic carbocycles. The first kappa shape index (κ1) is 11.3. The second kappa shape index (κ2) is 4.78. The molecule has 1 aromatic rings. The summed E-state index contributed by atoms with van der Waals surface area (Å²) in [6.07, 6.45) is 3.37. The molecular weight excluding hydrogens is 220 g/mol. The molecule has 0 radical (unpaired) electrons. The number of carboxylic acids is 1. The van der Waals surface area contributed by atoms with E-state index in [1.54, 1.807) is 12.1 Å². The lowest BCUT2D eigenvalue weighted by Crippen LogP contribution is -2.18. The molecule has 5 heteroatoms. The zero-order valence-corrected chi connectivity index (χ0v) is 9.09. The number of amides is 1. The van der Waals surface area contributed by atoms with Crippen molar-refractivity contribution in [1.82, 2.24) is 5.43 Å². The first-order valence-electron chi connectivity index (χ1n) is 5.33. The number of nitrogens with zero attached hydrogens (tertiary/aromatic N) is 1. The third kappa shape index (κ3) is 3.14. The van der Waals surface area contributed by atoms with Gasteiger partial charge in [-0.3, -0.25) is 4.79 Å². The lowest BCUT2D eigenvalue weighted by molar-refractivity contribution is -0.122. The van der Waals surface area contributed by atoms with Crippen molar-refractivity contribution >= 4 is 18.1 Å². The number of benzene rings is 1. The first-order valence-corrected chi connectivity index (χ1v) is 5.33. The van der Waals surface area contributed by atoms with E-state index in [9.17, 15) is 9.59 Å². The summed E-state index contributed by atoms with van der Waals surface area (Å²) < 4.78 is 0. The fraction of sp³-hybridized carbons (Fsp3) is 0.250. The number of rotatable bonds is 4. The summed E-state index contributed by atoms with van der Waals surface area (Å²) in [6.45, 7) is 0. The molecule has 1 aliphatic carbocycles. The Morgan fingerprint density at radius 3 is 2.47 bits per heavy atom. The molecule has 17 heavy (non-hydrogen) atoms. The lowest BCUT2D eigenvalue weighted by atomic mass is 10.1. The van der Waals surface area contributed by atoms with E-state index in [-0.39, 0.29) is 17.4 Å². The lowest BCUT2D eigenvalue weighted by Gasteiger charge is -1.97. The van der Waals surface area contributed by atoms with Crippen molar-refractivity contribution in [1.29, 1.82) is 0 Å². The number of aromatic carboxylic acids is 1. The highest BCUT2D eigenvalue weighted by atomic mass is 16.4. The zero-order chi connectivity index (χ0) is 12.3. The molecule has 2 rings (SSSR count). The van der Waals surface area contributed by atoms with E-state index >= 15 is 0 Å². The second-order valence-corrected chi connectivity index (χ2v) is 3.94. The molecule has 0 bridgehead atoms. The maximum Gasteiger partial charge on any atom is 0.335 e. The molecule has 0 saturated heterocycles. The van der Waals surface area contributed by atoms with Crippen molar-refractivity contribution < 1.29 is 14.7 Å². The van der Waals surface area contributed by atoms with Crippen molar-refractivity contribution in [3.05, 3.63) is 35.4 Å². The van der Waals surface area contributed by atoms with E-state index in [0.29, 0.717) is 0 Å². The number of hydrogen-bond donors (Lipinski definition) is 2. The molecule has 1 saturated carbocycles. The monoisotopic (exact) mass is 232 g/mol. The van der Waals surface area contributed by atoms with Crippen molar-refractivity contribution in [2.24, 2.45) is 11.0 Å². The number of carboxylic acid groups (broad SMARTS) is 1. The van der Waals surface area contributed by atoms with Crippen molar-refractivity contribution in [2.75, 3.05) is 0 Å². The van der Waals surface area contributed by atoms with Gasteiger partial charge in [-0.05, 0) is 30.5 Å². The third-order valence-corrected chi connectivity index (χ3v) is 2.49. The first-order chi connectivity index (χ1) is 8.16. The van der Waals surface area contributed by atoms with Crippen LogP contribution >= 0.6 is 0 Å². The number of nitrogens with one attached hydrogen (secondary N) is 1. The fourth-order valence-electron chi connectivity index (χ4n) is 1.32. The van der Waals surface area contributed by atoms with Crippen LogP contribution in [0.3, 0.4) is 0 Å². The van der Waals surface area contributed by atoms with Gasteiger partial charge in [0.1, 0.15) is 0 Å². The molecule has 0 aromatic heterocycles. The Labute approximate surface area is 98.1 Å². The molecule has 0 atom stereocenters. The number of hydrogen-bond acceptors (Lipinski definition) is 3. The van der Waals surface area contributed by atoms with Gasteiger partial charge in [-0.2, -0.15) is 5.10 Å². The fourth-order valence-corrected chi connectivity index (χ4v) is 1.32. The molecule has 5 nitrogen and oxygen atoms in total. The summed E-state index contributed by atoms with van der Waals surface area (Å²) in [5, 5.41) is 12.5. The Bertz CT molecular complexity index is 461. The van der Waals surface area contributed by atoms with Crippen LogP contribution in [0, 0.1) is 5.92 Å². The Hall–Kier alpha value is -2.17. The SMILES string of the molecule is O=C(O)c1ccc(/C=N/NC(=O)C2CC2)cc1. The summed E-state index contributed by atoms with van der Waals surface area (Å²) in [6, 6.07) is 6.26. The number of hydrazone groups is 1. The summed E-state index contributed by atoms with van der Waals surface area (Å²) in [7, 11) is 0. The van der Waals surface area contributed by atoms with Crippen LogP contribution in [0.1, 0.15) is 28.8 Å². The minimum atomic E-state index is -0.962. The van der Waals surface area contributed by atoms with Gasteiger partial charge in [-0.1, -0.05) is 12.1 Å². The average molecular weight is 232 g/mol. The summed E-state index contributed by atoms with van der Waals surface area (Å²) >= 11 is 0. The quantitative estimate of drug-likeness (QED) is 0.605. The zero-order valence-electron chi connectivity index (χ0n) is 9.09. The van der Waals surface area contributed by atoms with Crippen LogP contribution in [-0.2, 0) is 4.79 Å². The van der Waals surface area contributed by atoms with Gasteiger partial charge in [0.05, 0.1) is 11.8 Å². The summed E-state index contributed by atoms with van der Waals surface area (Å²) in [5.74, 6) is -0.888. The second-order valence-electron chi connectivity index (χ2n) is 3.94. The van der Waals surface area contributed by atoms with Crippen LogP contribution < -0.4 is 5.43 Å². The molecule has 1 amide bonds. The van der Waals surface area contributed by atoms with Crippen LogP contribution in [-0.4, -0.2) is 23.2 Å². The smallest absolute Gasteiger partial charge is 0.335 e. The van der Waals surface area contributed by atoms with Gasteiger partial charge in [0, 0.05) is 5.92 Å². The Kier molecular flexibility index (Phi) is 3.18. The van der Waals surface area contributed by atoms with Gasteiger partial charge in [-0.15, -0.1) is 0 Å². The Balaban J connectivity index is 1.91. The van der Waals surface area contributed by atoms with Gasteiger partial charge in [0.2, 0.25) is 5.91 Å². The van der Waals surface area contributed by atoms with E-state index < -0.39 is 5.97 Å². The molecule has 1 aliphatic rings. The topological polar surface area (TPSA) is 78.8 Å². The molecule has 2 N–H and O–H groups in total. The predicted octanol–water partition coefficient (Wildman–Crippen LogP) is 1.24. The van der Waals surface area contributed by atoms with Gasteiger partial charge in [0.15, 0.2) is 0 Å².